The number of likely N-dealkylation sites (N-methyl/N-ethyl adjacent to an activating group) is 1. The Morgan fingerprint density at radius 3 is 2.50 bits per heavy atom. The number of hydrogen-bond acceptors (Lipinski definition) is 2. The highest BCUT2D eigenvalue weighted by atomic mass is 15.1. The normalized spacial score (nSPS) is 32.4. The molecule has 1 aliphatic rings. The molecule has 0 unspecified atom stereocenters. The highest BCUT2D eigenvalue weighted by Gasteiger charge is 2.27. The van der Waals surface area contributed by atoms with Crippen molar-refractivity contribution in [1.82, 2.24) is 4.90 Å². The highest BCUT2D eigenvalue weighted by Crippen LogP contribution is 2.29. The number of nitrogens with zero attached hydrogens (tertiary/aromatic N) is 1. The van der Waals surface area contributed by atoms with Crippen LogP contribution in [0, 0.1) is 5.92 Å². The Hall–Kier alpha value is -0.0800. The minimum absolute atomic E-state index is 0.793. The Bertz CT molecular complexity index is 94.7. The minimum atomic E-state index is 0.793. The molecule has 0 bridgehead atoms. The molecule has 1 saturated carbocycles. The van der Waals surface area contributed by atoms with Crippen molar-refractivity contribution in [2.45, 2.75) is 25.8 Å². The summed E-state index contributed by atoms with van der Waals surface area (Å²) < 4.78 is 0. The fraction of sp³-hybridized carbons (Fsp3) is 1.00. The average Bonchev–Trinajstić information content (AvgIpc) is 1.82. The lowest BCUT2D eigenvalue weighted by Crippen LogP contribution is -2.43. The van der Waals surface area contributed by atoms with Crippen LogP contribution >= 0.6 is 0 Å². The molecular formula is C8H18N2. The molecule has 0 radical (unpaired) electrons. The Morgan fingerprint density at radius 1 is 1.50 bits per heavy atom. The molecule has 0 heterocycles. The lowest BCUT2D eigenvalue weighted by atomic mass is 9.81. The van der Waals surface area contributed by atoms with Crippen molar-refractivity contribution in [3.8, 4) is 0 Å². The van der Waals surface area contributed by atoms with Crippen molar-refractivity contribution in [3.63, 3.8) is 0 Å². The summed E-state index contributed by atoms with van der Waals surface area (Å²) >= 11 is 0. The molecule has 60 valence electrons. The molecule has 1 fully saturated rings. The van der Waals surface area contributed by atoms with Gasteiger partial charge in [0.2, 0.25) is 0 Å². The summed E-state index contributed by atoms with van der Waals surface area (Å²) in [4.78, 5) is 2.38. The number of nitrogens with two attached hydrogens (primary N) is 1. The van der Waals surface area contributed by atoms with E-state index in [1.807, 2.05) is 0 Å². The first-order valence-corrected chi connectivity index (χ1v) is 4.14. The van der Waals surface area contributed by atoms with Gasteiger partial charge in [-0.3, -0.25) is 0 Å². The molecule has 0 aliphatic heterocycles. The van der Waals surface area contributed by atoms with Crippen LogP contribution in [-0.2, 0) is 0 Å². The summed E-state index contributed by atoms with van der Waals surface area (Å²) in [5.41, 5.74) is 5.44. The number of hydrogen-bond donors (Lipinski definition) is 1. The fourth-order valence-corrected chi connectivity index (χ4v) is 1.61. The summed E-state index contributed by atoms with van der Waals surface area (Å²) in [6.45, 7) is 4.16. The van der Waals surface area contributed by atoms with Crippen LogP contribution in [0.2, 0.25) is 0 Å². The van der Waals surface area contributed by atoms with Gasteiger partial charge in [0.05, 0.1) is 0 Å². The van der Waals surface area contributed by atoms with Crippen molar-refractivity contribution in [2.75, 3.05) is 20.1 Å². The van der Waals surface area contributed by atoms with Crippen LogP contribution in [0.3, 0.4) is 0 Å². The Morgan fingerprint density at radius 2 is 2.10 bits per heavy atom. The van der Waals surface area contributed by atoms with Crippen molar-refractivity contribution in [2.24, 2.45) is 11.7 Å². The van der Waals surface area contributed by atoms with Crippen molar-refractivity contribution >= 4 is 0 Å². The predicted octanol–water partition coefficient (Wildman–Crippen LogP) is 0.675. The second-order valence-electron chi connectivity index (χ2n) is 3.50. The minimum Gasteiger partial charge on any atom is -0.329 e. The molecule has 2 N–H and O–H groups in total. The van der Waals surface area contributed by atoms with Gasteiger partial charge in [0, 0.05) is 19.1 Å². The van der Waals surface area contributed by atoms with Crippen LogP contribution in [0.25, 0.3) is 0 Å². The molecule has 0 amide bonds. The largest absolute Gasteiger partial charge is 0.329 e. The zero-order valence-electron chi connectivity index (χ0n) is 7.01. The first-order valence-electron chi connectivity index (χ1n) is 4.14. The summed E-state index contributed by atoms with van der Waals surface area (Å²) in [7, 11) is 2.17. The Labute approximate surface area is 63.4 Å². The maximum atomic E-state index is 5.44. The molecule has 0 aromatic carbocycles. The van der Waals surface area contributed by atoms with E-state index in [0.717, 1.165) is 25.0 Å². The van der Waals surface area contributed by atoms with Gasteiger partial charge in [-0.25, -0.2) is 0 Å². The molecule has 10 heavy (non-hydrogen) atoms. The summed E-state index contributed by atoms with van der Waals surface area (Å²) in [5, 5.41) is 0. The van der Waals surface area contributed by atoms with Crippen LogP contribution in [0.1, 0.15) is 19.8 Å². The average molecular weight is 142 g/mol. The van der Waals surface area contributed by atoms with Gasteiger partial charge < -0.3 is 10.6 Å². The van der Waals surface area contributed by atoms with Gasteiger partial charge >= 0.3 is 0 Å². The molecule has 1 aliphatic carbocycles. The SMILES string of the molecule is CC1CC(N(C)CCN)C1. The van der Waals surface area contributed by atoms with Crippen LogP contribution in [-0.4, -0.2) is 31.1 Å². The molecule has 1 rings (SSSR count). The smallest absolute Gasteiger partial charge is 0.0104 e. The first kappa shape index (κ1) is 8.02. The third-order valence-electron chi connectivity index (χ3n) is 2.45. The van der Waals surface area contributed by atoms with Crippen LogP contribution in [0.15, 0.2) is 0 Å². The first-order chi connectivity index (χ1) is 4.74. The lowest BCUT2D eigenvalue weighted by molar-refractivity contribution is 0.114. The predicted molar refractivity (Wildman–Crippen MR) is 43.9 cm³/mol. The van der Waals surface area contributed by atoms with Gasteiger partial charge in [0.15, 0.2) is 0 Å². The van der Waals surface area contributed by atoms with Gasteiger partial charge in [0.1, 0.15) is 0 Å². The third kappa shape index (κ3) is 1.70. The van der Waals surface area contributed by atoms with Crippen molar-refractivity contribution in [1.29, 1.82) is 0 Å². The van der Waals surface area contributed by atoms with E-state index in [4.69, 9.17) is 5.73 Å². The molecule has 0 aromatic rings. The highest BCUT2D eigenvalue weighted by molar-refractivity contribution is 4.83. The maximum Gasteiger partial charge on any atom is 0.0104 e. The van der Waals surface area contributed by atoms with Gasteiger partial charge in [0.25, 0.3) is 0 Å². The van der Waals surface area contributed by atoms with E-state index < -0.39 is 0 Å². The summed E-state index contributed by atoms with van der Waals surface area (Å²) in [5.74, 6) is 0.949. The molecule has 0 saturated heterocycles. The van der Waals surface area contributed by atoms with E-state index in [9.17, 15) is 0 Å². The second-order valence-corrected chi connectivity index (χ2v) is 3.50. The molecule has 0 aromatic heterocycles. The Balaban J connectivity index is 2.11. The van der Waals surface area contributed by atoms with Crippen LogP contribution < -0.4 is 5.73 Å². The van der Waals surface area contributed by atoms with Gasteiger partial charge in [-0.2, -0.15) is 0 Å². The monoisotopic (exact) mass is 142 g/mol. The summed E-state index contributed by atoms with van der Waals surface area (Å²) in [6.07, 6.45) is 2.74. The molecule has 0 atom stereocenters. The zero-order valence-corrected chi connectivity index (χ0v) is 7.01. The zero-order chi connectivity index (χ0) is 7.56. The van der Waals surface area contributed by atoms with E-state index in [2.05, 4.69) is 18.9 Å². The Kier molecular flexibility index (Phi) is 2.69. The summed E-state index contributed by atoms with van der Waals surface area (Å²) in [6, 6.07) is 0.832. The molecular weight excluding hydrogens is 124 g/mol. The molecule has 2 nitrogen and oxygen atoms in total. The van der Waals surface area contributed by atoms with Crippen molar-refractivity contribution in [3.05, 3.63) is 0 Å². The van der Waals surface area contributed by atoms with E-state index in [0.29, 0.717) is 0 Å². The van der Waals surface area contributed by atoms with Crippen molar-refractivity contribution < 1.29 is 0 Å². The van der Waals surface area contributed by atoms with Gasteiger partial charge in [-0.15, -0.1) is 0 Å². The van der Waals surface area contributed by atoms with Gasteiger partial charge in [-0.1, -0.05) is 6.92 Å². The lowest BCUT2D eigenvalue weighted by Gasteiger charge is -2.39. The third-order valence-corrected chi connectivity index (χ3v) is 2.45. The van der Waals surface area contributed by atoms with Crippen LogP contribution in [0.4, 0.5) is 0 Å². The van der Waals surface area contributed by atoms with E-state index in [1.165, 1.54) is 12.8 Å². The van der Waals surface area contributed by atoms with Crippen LogP contribution in [0.5, 0.6) is 0 Å². The van der Waals surface area contributed by atoms with E-state index in [1.54, 1.807) is 0 Å². The topological polar surface area (TPSA) is 29.3 Å². The van der Waals surface area contributed by atoms with E-state index >= 15 is 0 Å². The fourth-order valence-electron chi connectivity index (χ4n) is 1.61. The maximum absolute atomic E-state index is 5.44. The van der Waals surface area contributed by atoms with Gasteiger partial charge in [-0.05, 0) is 25.8 Å². The molecule has 2 heteroatoms. The molecule has 0 spiro atoms. The quantitative estimate of drug-likeness (QED) is 0.627. The van der Waals surface area contributed by atoms with E-state index in [-0.39, 0.29) is 0 Å². The standard InChI is InChI=1S/C8H18N2/c1-7-5-8(6-7)10(2)4-3-9/h7-8H,3-6,9H2,1-2H3. The second kappa shape index (κ2) is 3.35. The number of rotatable bonds is 3.